The van der Waals surface area contributed by atoms with Gasteiger partial charge in [0.15, 0.2) is 0 Å². The van der Waals surface area contributed by atoms with E-state index in [1.165, 1.54) is 25.7 Å². The third-order valence-corrected chi connectivity index (χ3v) is 3.07. The predicted molar refractivity (Wildman–Crippen MR) is 48.9 cm³/mol. The summed E-state index contributed by atoms with van der Waals surface area (Å²) in [5.74, 6) is 0.830. The van der Waals surface area contributed by atoms with Crippen molar-refractivity contribution in [1.29, 1.82) is 0 Å². The first-order valence-electron chi connectivity index (χ1n) is 5.12. The molecular weight excluding hydrogens is 150 g/mol. The molecule has 70 valence electrons. The van der Waals surface area contributed by atoms with Gasteiger partial charge in [0.25, 0.3) is 0 Å². The summed E-state index contributed by atoms with van der Waals surface area (Å²) in [6.07, 6.45) is 5.11. The summed E-state index contributed by atoms with van der Waals surface area (Å²) in [5.41, 5.74) is 0.0666. The van der Waals surface area contributed by atoms with Gasteiger partial charge >= 0.3 is 0 Å². The molecule has 1 saturated carbocycles. The van der Waals surface area contributed by atoms with Gasteiger partial charge in [-0.3, -0.25) is 5.32 Å². The van der Waals surface area contributed by atoms with Crippen molar-refractivity contribution in [2.24, 2.45) is 5.92 Å². The van der Waals surface area contributed by atoms with Crippen molar-refractivity contribution >= 4 is 0 Å². The summed E-state index contributed by atoms with van der Waals surface area (Å²) in [4.78, 5) is 0. The van der Waals surface area contributed by atoms with Gasteiger partial charge in [-0.15, -0.1) is 0 Å². The number of ether oxygens (including phenoxy) is 1. The summed E-state index contributed by atoms with van der Waals surface area (Å²) in [6, 6.07) is 0.551. The molecule has 1 aliphatic heterocycles. The Balaban J connectivity index is 2.00. The fourth-order valence-electron chi connectivity index (χ4n) is 2.58. The Hall–Kier alpha value is -0.0800. The maximum Gasteiger partial charge on any atom is 0.119 e. The van der Waals surface area contributed by atoms with E-state index in [1.807, 2.05) is 0 Å². The van der Waals surface area contributed by atoms with Crippen LogP contribution in [0.3, 0.4) is 0 Å². The second kappa shape index (κ2) is 3.00. The molecule has 0 amide bonds. The van der Waals surface area contributed by atoms with E-state index in [0.29, 0.717) is 6.04 Å². The van der Waals surface area contributed by atoms with Crippen LogP contribution in [-0.4, -0.2) is 18.4 Å². The quantitative estimate of drug-likeness (QED) is 0.598. The molecule has 1 aliphatic carbocycles. The van der Waals surface area contributed by atoms with E-state index in [2.05, 4.69) is 19.2 Å². The lowest BCUT2D eigenvalue weighted by Gasteiger charge is -2.36. The smallest absolute Gasteiger partial charge is 0.119 e. The average Bonchev–Trinajstić information content (AvgIpc) is 2.32. The molecule has 0 aromatic carbocycles. The third kappa shape index (κ3) is 1.50. The van der Waals surface area contributed by atoms with Crippen molar-refractivity contribution < 1.29 is 4.74 Å². The summed E-state index contributed by atoms with van der Waals surface area (Å²) in [6.45, 7) is 5.43. The maximum atomic E-state index is 5.85. The average molecular weight is 169 g/mol. The monoisotopic (exact) mass is 169 g/mol. The van der Waals surface area contributed by atoms with Crippen molar-refractivity contribution in [3.05, 3.63) is 0 Å². The molecule has 0 bridgehead atoms. The van der Waals surface area contributed by atoms with Crippen LogP contribution in [0.5, 0.6) is 0 Å². The van der Waals surface area contributed by atoms with E-state index in [0.717, 1.165) is 12.5 Å². The molecule has 1 N–H and O–H groups in total. The van der Waals surface area contributed by atoms with Crippen molar-refractivity contribution in [3.8, 4) is 0 Å². The van der Waals surface area contributed by atoms with E-state index in [9.17, 15) is 0 Å². The van der Waals surface area contributed by atoms with Gasteiger partial charge in [0.1, 0.15) is 5.72 Å². The van der Waals surface area contributed by atoms with Crippen LogP contribution in [0.1, 0.15) is 39.5 Å². The summed E-state index contributed by atoms with van der Waals surface area (Å²) < 4.78 is 5.85. The molecule has 2 aliphatic rings. The topological polar surface area (TPSA) is 21.3 Å². The van der Waals surface area contributed by atoms with E-state index >= 15 is 0 Å². The summed E-state index contributed by atoms with van der Waals surface area (Å²) >= 11 is 0. The van der Waals surface area contributed by atoms with Gasteiger partial charge in [-0.05, 0) is 32.1 Å². The molecule has 0 aromatic heterocycles. The van der Waals surface area contributed by atoms with Crippen molar-refractivity contribution in [3.63, 3.8) is 0 Å². The Morgan fingerprint density at radius 2 is 2.25 bits per heavy atom. The highest BCUT2D eigenvalue weighted by Crippen LogP contribution is 2.35. The minimum atomic E-state index is 0.0666. The lowest BCUT2D eigenvalue weighted by Crippen LogP contribution is -2.46. The van der Waals surface area contributed by atoms with E-state index in [-0.39, 0.29) is 5.72 Å². The first-order chi connectivity index (χ1) is 5.70. The molecule has 2 fully saturated rings. The fourth-order valence-corrected chi connectivity index (χ4v) is 2.58. The minimum Gasteiger partial charge on any atom is -0.359 e. The molecule has 1 heterocycles. The molecule has 0 radical (unpaired) electrons. The van der Waals surface area contributed by atoms with Gasteiger partial charge in [-0.1, -0.05) is 13.3 Å². The Bertz CT molecular complexity index is 167. The molecular formula is C10H19NO. The van der Waals surface area contributed by atoms with Crippen LogP contribution < -0.4 is 5.32 Å². The summed E-state index contributed by atoms with van der Waals surface area (Å²) in [5, 5.41) is 3.58. The standard InChI is InChI=1S/C10H19NO/c1-8-4-3-5-10(6-8)11-9(2)7-12-10/h8-9,11H,3-7H2,1-2H3/t8-,9-,10-/m0/s1. The van der Waals surface area contributed by atoms with Crippen LogP contribution in [-0.2, 0) is 4.74 Å². The van der Waals surface area contributed by atoms with Crippen molar-refractivity contribution in [1.82, 2.24) is 5.32 Å². The fraction of sp³-hybridized carbons (Fsp3) is 1.00. The lowest BCUT2D eigenvalue weighted by atomic mass is 9.84. The zero-order valence-electron chi connectivity index (χ0n) is 8.10. The Kier molecular flexibility index (Phi) is 2.13. The van der Waals surface area contributed by atoms with Gasteiger partial charge in [0.2, 0.25) is 0 Å². The minimum absolute atomic E-state index is 0.0666. The van der Waals surface area contributed by atoms with Gasteiger partial charge in [0.05, 0.1) is 6.61 Å². The molecule has 2 nitrogen and oxygen atoms in total. The van der Waals surface area contributed by atoms with Crippen LogP contribution in [0, 0.1) is 5.92 Å². The maximum absolute atomic E-state index is 5.85. The van der Waals surface area contributed by atoms with Crippen LogP contribution in [0.25, 0.3) is 0 Å². The normalized spacial score (nSPS) is 48.5. The number of hydrogen-bond acceptors (Lipinski definition) is 2. The lowest BCUT2D eigenvalue weighted by molar-refractivity contribution is -0.0516. The molecule has 2 heteroatoms. The van der Waals surface area contributed by atoms with Gasteiger partial charge < -0.3 is 4.74 Å². The number of nitrogens with one attached hydrogen (secondary N) is 1. The van der Waals surface area contributed by atoms with Crippen molar-refractivity contribution in [2.75, 3.05) is 6.61 Å². The highest BCUT2D eigenvalue weighted by molar-refractivity contribution is 4.91. The Morgan fingerprint density at radius 1 is 1.42 bits per heavy atom. The highest BCUT2D eigenvalue weighted by atomic mass is 16.5. The number of rotatable bonds is 0. The SMILES string of the molecule is C[C@H]1CCC[C@]2(C1)N[C@@H](C)CO2. The van der Waals surface area contributed by atoms with E-state index in [4.69, 9.17) is 4.74 Å². The zero-order chi connectivity index (χ0) is 8.60. The van der Waals surface area contributed by atoms with Crippen LogP contribution in [0.15, 0.2) is 0 Å². The largest absolute Gasteiger partial charge is 0.359 e. The van der Waals surface area contributed by atoms with E-state index in [1.54, 1.807) is 0 Å². The summed E-state index contributed by atoms with van der Waals surface area (Å²) in [7, 11) is 0. The first kappa shape index (κ1) is 8.52. The molecule has 0 aromatic rings. The third-order valence-electron chi connectivity index (χ3n) is 3.07. The number of hydrogen-bond donors (Lipinski definition) is 1. The van der Waals surface area contributed by atoms with Crippen LogP contribution >= 0.6 is 0 Å². The van der Waals surface area contributed by atoms with Gasteiger partial charge in [-0.25, -0.2) is 0 Å². The van der Waals surface area contributed by atoms with E-state index < -0.39 is 0 Å². The van der Waals surface area contributed by atoms with Gasteiger partial charge in [0, 0.05) is 6.04 Å². The molecule has 1 spiro atoms. The van der Waals surface area contributed by atoms with Crippen LogP contribution in [0.2, 0.25) is 0 Å². The highest BCUT2D eigenvalue weighted by Gasteiger charge is 2.40. The molecule has 1 saturated heterocycles. The predicted octanol–water partition coefficient (Wildman–Crippen LogP) is 1.90. The van der Waals surface area contributed by atoms with Crippen LogP contribution in [0.4, 0.5) is 0 Å². The second-order valence-corrected chi connectivity index (χ2v) is 4.55. The van der Waals surface area contributed by atoms with Crippen molar-refractivity contribution in [2.45, 2.75) is 51.3 Å². The molecule has 0 unspecified atom stereocenters. The Morgan fingerprint density at radius 3 is 2.83 bits per heavy atom. The second-order valence-electron chi connectivity index (χ2n) is 4.55. The van der Waals surface area contributed by atoms with Gasteiger partial charge in [-0.2, -0.15) is 0 Å². The zero-order valence-corrected chi connectivity index (χ0v) is 8.10. The Labute approximate surface area is 74.7 Å². The molecule has 12 heavy (non-hydrogen) atoms. The molecule has 2 rings (SSSR count). The first-order valence-corrected chi connectivity index (χ1v) is 5.12. The molecule has 3 atom stereocenters.